The summed E-state index contributed by atoms with van der Waals surface area (Å²) in [5, 5.41) is 5.26. The van der Waals surface area contributed by atoms with Gasteiger partial charge in [-0.1, -0.05) is 0 Å². The predicted molar refractivity (Wildman–Crippen MR) is 74.5 cm³/mol. The molecule has 1 amide bonds. The molecule has 1 aromatic heterocycles. The standard InChI is InChI=1S/C13H7BrF7N3O/c1-4(24-3-5(14)2-22-24)12(25)23-11-9(17)7(15)6(13(19,20)21)8(16)10(11)18/h2-4H,1H3,(H,23,25). The lowest BCUT2D eigenvalue weighted by Gasteiger charge is -2.16. The van der Waals surface area contributed by atoms with Crippen LogP contribution < -0.4 is 5.32 Å². The fourth-order valence-corrected chi connectivity index (χ4v) is 2.17. The fraction of sp³-hybridized carbons (Fsp3) is 0.231. The van der Waals surface area contributed by atoms with E-state index in [-0.39, 0.29) is 0 Å². The number of nitrogens with zero attached hydrogens (tertiary/aromatic N) is 2. The van der Waals surface area contributed by atoms with Crippen LogP contribution in [0.1, 0.15) is 18.5 Å². The van der Waals surface area contributed by atoms with Gasteiger partial charge in [0.05, 0.1) is 10.7 Å². The molecule has 1 atom stereocenters. The van der Waals surface area contributed by atoms with E-state index in [9.17, 15) is 35.5 Å². The van der Waals surface area contributed by atoms with Gasteiger partial charge in [0, 0.05) is 6.20 Å². The first kappa shape index (κ1) is 19.2. The van der Waals surface area contributed by atoms with Crippen LogP contribution in [0.25, 0.3) is 0 Å². The third-order valence-corrected chi connectivity index (χ3v) is 3.55. The SMILES string of the molecule is CC(C(=O)Nc1c(F)c(F)c(C(F)(F)F)c(F)c1F)n1cc(Br)cn1. The van der Waals surface area contributed by atoms with Crippen molar-refractivity contribution in [2.45, 2.75) is 19.1 Å². The van der Waals surface area contributed by atoms with E-state index < -0.39 is 52.6 Å². The third-order valence-electron chi connectivity index (χ3n) is 3.14. The Balaban J connectivity index is 2.42. The average Bonchev–Trinajstić information content (AvgIpc) is 2.94. The van der Waals surface area contributed by atoms with Gasteiger partial charge >= 0.3 is 6.18 Å². The number of amides is 1. The highest BCUT2D eigenvalue weighted by atomic mass is 79.9. The van der Waals surface area contributed by atoms with Crippen molar-refractivity contribution in [1.82, 2.24) is 9.78 Å². The van der Waals surface area contributed by atoms with E-state index in [4.69, 9.17) is 0 Å². The second-order valence-corrected chi connectivity index (χ2v) is 5.72. The maximum atomic E-state index is 13.7. The molecule has 2 rings (SSSR count). The summed E-state index contributed by atoms with van der Waals surface area (Å²) in [5.41, 5.74) is -4.38. The summed E-state index contributed by atoms with van der Waals surface area (Å²) >= 11 is 3.04. The van der Waals surface area contributed by atoms with Crippen LogP contribution >= 0.6 is 15.9 Å². The van der Waals surface area contributed by atoms with Crippen LogP contribution in [0.3, 0.4) is 0 Å². The maximum absolute atomic E-state index is 13.7. The molecule has 0 spiro atoms. The number of rotatable bonds is 3. The Bertz CT molecular complexity index is 805. The fourth-order valence-electron chi connectivity index (χ4n) is 1.86. The first-order valence-electron chi connectivity index (χ1n) is 6.38. The highest BCUT2D eigenvalue weighted by Crippen LogP contribution is 2.38. The van der Waals surface area contributed by atoms with Gasteiger partial charge in [-0.3, -0.25) is 9.48 Å². The summed E-state index contributed by atoms with van der Waals surface area (Å²) in [6.45, 7) is 1.24. The van der Waals surface area contributed by atoms with Crippen LogP contribution in [0.15, 0.2) is 16.9 Å². The molecule has 0 fully saturated rings. The van der Waals surface area contributed by atoms with Crippen LogP contribution in [0, 0.1) is 23.3 Å². The Morgan fingerprint density at radius 1 is 1.16 bits per heavy atom. The molecule has 1 unspecified atom stereocenters. The van der Waals surface area contributed by atoms with E-state index in [2.05, 4.69) is 21.0 Å². The van der Waals surface area contributed by atoms with Crippen LogP contribution in [0.2, 0.25) is 0 Å². The summed E-state index contributed by atoms with van der Waals surface area (Å²) < 4.78 is 93.5. The molecule has 0 radical (unpaired) electrons. The van der Waals surface area contributed by atoms with Crippen molar-refractivity contribution in [3.63, 3.8) is 0 Å². The number of carbonyl (C=O) groups is 1. The van der Waals surface area contributed by atoms with Crippen molar-refractivity contribution in [3.8, 4) is 0 Å². The molecule has 0 saturated heterocycles. The molecule has 0 aliphatic rings. The van der Waals surface area contributed by atoms with Gasteiger partial charge < -0.3 is 5.32 Å². The molecular formula is C13H7BrF7N3O. The van der Waals surface area contributed by atoms with E-state index >= 15 is 0 Å². The summed E-state index contributed by atoms with van der Waals surface area (Å²) in [6.07, 6.45) is -3.04. The van der Waals surface area contributed by atoms with Gasteiger partial charge in [0.25, 0.3) is 0 Å². The number of hydrogen-bond donors (Lipinski definition) is 1. The highest BCUT2D eigenvalue weighted by molar-refractivity contribution is 9.10. The molecule has 25 heavy (non-hydrogen) atoms. The second kappa shape index (κ2) is 6.65. The Hall–Kier alpha value is -2.11. The Morgan fingerprint density at radius 2 is 1.68 bits per heavy atom. The minimum absolute atomic E-state index is 0.469. The van der Waals surface area contributed by atoms with Gasteiger partial charge in [-0.2, -0.15) is 18.3 Å². The number of benzene rings is 1. The van der Waals surface area contributed by atoms with Crippen molar-refractivity contribution < 1.29 is 35.5 Å². The Kier molecular flexibility index (Phi) is 5.11. The number of nitrogens with one attached hydrogen (secondary N) is 1. The van der Waals surface area contributed by atoms with Crippen molar-refractivity contribution in [3.05, 3.63) is 45.7 Å². The van der Waals surface area contributed by atoms with E-state index in [0.717, 1.165) is 4.68 Å². The van der Waals surface area contributed by atoms with Crippen molar-refractivity contribution in [1.29, 1.82) is 0 Å². The summed E-state index contributed by atoms with van der Waals surface area (Å²) in [6, 6.07) is -1.18. The second-order valence-electron chi connectivity index (χ2n) is 4.81. The number of hydrogen-bond acceptors (Lipinski definition) is 2. The lowest BCUT2D eigenvalue weighted by molar-refractivity contribution is -0.143. The largest absolute Gasteiger partial charge is 0.422 e. The van der Waals surface area contributed by atoms with Gasteiger partial charge in [-0.15, -0.1) is 0 Å². The Morgan fingerprint density at radius 3 is 2.08 bits per heavy atom. The predicted octanol–water partition coefficient (Wildman–Crippen LogP) is 4.42. The summed E-state index contributed by atoms with van der Waals surface area (Å²) in [7, 11) is 0. The molecule has 0 aliphatic heterocycles. The van der Waals surface area contributed by atoms with Crippen LogP contribution in [0.5, 0.6) is 0 Å². The highest BCUT2D eigenvalue weighted by Gasteiger charge is 2.42. The zero-order valence-electron chi connectivity index (χ0n) is 12.1. The molecule has 1 aromatic carbocycles. The van der Waals surface area contributed by atoms with E-state index in [0.29, 0.717) is 4.47 Å². The summed E-state index contributed by atoms with van der Waals surface area (Å²) in [5.74, 6) is -11.2. The van der Waals surface area contributed by atoms with Crippen LogP contribution in [-0.2, 0) is 11.0 Å². The molecule has 1 N–H and O–H groups in total. The van der Waals surface area contributed by atoms with E-state index in [1.165, 1.54) is 24.6 Å². The molecule has 4 nitrogen and oxygen atoms in total. The Labute approximate surface area is 143 Å². The zero-order chi connectivity index (χ0) is 19.1. The quantitative estimate of drug-likeness (QED) is 0.575. The monoisotopic (exact) mass is 433 g/mol. The third kappa shape index (κ3) is 3.62. The molecule has 12 heteroatoms. The topological polar surface area (TPSA) is 46.9 Å². The smallest absolute Gasteiger partial charge is 0.319 e. The zero-order valence-corrected chi connectivity index (χ0v) is 13.6. The van der Waals surface area contributed by atoms with Gasteiger partial charge in [0.2, 0.25) is 5.91 Å². The van der Waals surface area contributed by atoms with Crippen molar-refractivity contribution in [2.75, 3.05) is 5.32 Å². The number of carbonyl (C=O) groups excluding carboxylic acids is 1. The van der Waals surface area contributed by atoms with E-state index in [1.807, 2.05) is 0 Å². The van der Waals surface area contributed by atoms with Crippen molar-refractivity contribution in [2.24, 2.45) is 0 Å². The number of anilines is 1. The minimum Gasteiger partial charge on any atom is -0.319 e. The number of halogens is 8. The first-order chi connectivity index (χ1) is 11.4. The average molecular weight is 434 g/mol. The maximum Gasteiger partial charge on any atom is 0.422 e. The van der Waals surface area contributed by atoms with Gasteiger partial charge in [0.15, 0.2) is 23.3 Å². The minimum atomic E-state index is -5.66. The van der Waals surface area contributed by atoms with Crippen LogP contribution in [-0.4, -0.2) is 15.7 Å². The lowest BCUT2D eigenvalue weighted by atomic mass is 10.1. The number of alkyl halides is 3. The number of aromatic nitrogens is 2. The lowest BCUT2D eigenvalue weighted by Crippen LogP contribution is -2.26. The molecule has 0 saturated carbocycles. The summed E-state index contributed by atoms with van der Waals surface area (Å²) in [4.78, 5) is 11.9. The molecule has 0 aliphatic carbocycles. The van der Waals surface area contributed by atoms with Gasteiger partial charge in [-0.25, -0.2) is 17.6 Å². The molecular weight excluding hydrogens is 427 g/mol. The van der Waals surface area contributed by atoms with Gasteiger partial charge in [0.1, 0.15) is 17.3 Å². The molecule has 136 valence electrons. The van der Waals surface area contributed by atoms with Gasteiger partial charge in [-0.05, 0) is 22.9 Å². The first-order valence-corrected chi connectivity index (χ1v) is 7.18. The van der Waals surface area contributed by atoms with Crippen LogP contribution in [0.4, 0.5) is 36.4 Å². The van der Waals surface area contributed by atoms with Crippen molar-refractivity contribution >= 4 is 27.5 Å². The molecule has 2 aromatic rings. The van der Waals surface area contributed by atoms with E-state index in [1.54, 1.807) is 0 Å². The molecule has 1 heterocycles. The normalized spacial score (nSPS) is 13.0. The molecule has 0 bridgehead atoms.